The number of methoxy groups -OCH3 is 2. The van der Waals surface area contributed by atoms with Crippen LogP contribution in [0.3, 0.4) is 0 Å². The highest BCUT2D eigenvalue weighted by molar-refractivity contribution is 5.95. The standard InChI is InChI=1S/C30H41N5O7/c1-17(2)23-15-35(27(37)13-11-22-20-8-6-7-9-21(20)33-34-22)16-26(36)31-18(3)28(30(39)41-5)42-25-14-19(29(38)32-23)10-12-24(25)40-4/h10,12,14,17-18,23,28H,6-9,11,13,15-16H2,1-5H3,(H,31,36)(H,32,38)(H,33,34)/t18-,23+,28+/m0/s1. The third kappa shape index (κ3) is 7.21. The van der Waals surface area contributed by atoms with Crippen LogP contribution in [0.15, 0.2) is 18.2 Å². The maximum Gasteiger partial charge on any atom is 0.349 e. The molecule has 2 aromatic rings. The number of carbonyl (C=O) groups excluding carboxylic acids is 4. The molecular weight excluding hydrogens is 542 g/mol. The summed E-state index contributed by atoms with van der Waals surface area (Å²) in [6.45, 7) is 5.36. The molecule has 4 rings (SSSR count). The number of amides is 3. The summed E-state index contributed by atoms with van der Waals surface area (Å²) < 4.78 is 16.3. The Morgan fingerprint density at radius 2 is 1.90 bits per heavy atom. The number of aromatic nitrogens is 2. The lowest BCUT2D eigenvalue weighted by Gasteiger charge is -2.32. The highest BCUT2D eigenvalue weighted by Gasteiger charge is 2.33. The van der Waals surface area contributed by atoms with Crippen molar-refractivity contribution in [3.63, 3.8) is 0 Å². The Kier molecular flexibility index (Phi) is 10.1. The third-order valence-corrected chi connectivity index (χ3v) is 7.90. The maximum atomic E-state index is 13.6. The maximum absolute atomic E-state index is 13.6. The predicted octanol–water partition coefficient (Wildman–Crippen LogP) is 1.95. The van der Waals surface area contributed by atoms with Gasteiger partial charge < -0.3 is 29.7 Å². The average molecular weight is 584 g/mol. The molecular formula is C30H41N5O7. The number of benzene rings is 1. The molecule has 0 unspecified atom stereocenters. The lowest BCUT2D eigenvalue weighted by molar-refractivity contribution is -0.150. The van der Waals surface area contributed by atoms with Crippen molar-refractivity contribution in [1.29, 1.82) is 0 Å². The molecule has 2 heterocycles. The van der Waals surface area contributed by atoms with Crippen molar-refractivity contribution in [3.8, 4) is 11.5 Å². The quantitative estimate of drug-likeness (QED) is 0.437. The number of nitrogens with one attached hydrogen (secondary N) is 3. The summed E-state index contributed by atoms with van der Waals surface area (Å²) in [6, 6.07) is 3.37. The lowest BCUT2D eigenvalue weighted by atomic mass is 9.94. The Labute approximate surface area is 245 Å². The van der Waals surface area contributed by atoms with Crippen molar-refractivity contribution >= 4 is 23.7 Å². The first-order valence-electron chi connectivity index (χ1n) is 14.5. The summed E-state index contributed by atoms with van der Waals surface area (Å²) in [5, 5.41) is 13.4. The van der Waals surface area contributed by atoms with Gasteiger partial charge in [-0.25, -0.2) is 4.79 Å². The van der Waals surface area contributed by atoms with E-state index in [0.29, 0.717) is 12.2 Å². The fraction of sp³-hybridized carbons (Fsp3) is 0.567. The molecule has 42 heavy (non-hydrogen) atoms. The van der Waals surface area contributed by atoms with Crippen LogP contribution in [0.25, 0.3) is 0 Å². The van der Waals surface area contributed by atoms with Gasteiger partial charge in [0.25, 0.3) is 5.91 Å². The van der Waals surface area contributed by atoms with E-state index >= 15 is 0 Å². The van der Waals surface area contributed by atoms with Gasteiger partial charge in [0.15, 0.2) is 11.5 Å². The number of rotatable bonds is 6. The van der Waals surface area contributed by atoms with Gasteiger partial charge in [-0.05, 0) is 62.3 Å². The molecule has 12 nitrogen and oxygen atoms in total. The number of H-pyrrole nitrogens is 1. The van der Waals surface area contributed by atoms with Gasteiger partial charge in [-0.2, -0.15) is 5.10 Å². The van der Waals surface area contributed by atoms with E-state index in [4.69, 9.17) is 14.2 Å². The second-order valence-electron chi connectivity index (χ2n) is 11.2. The Bertz CT molecular complexity index is 1310. The molecule has 0 radical (unpaired) electrons. The molecule has 0 spiro atoms. The number of carbonyl (C=O) groups is 4. The van der Waals surface area contributed by atoms with Crippen LogP contribution in [0.5, 0.6) is 11.5 Å². The van der Waals surface area contributed by atoms with Crippen LogP contribution in [0.2, 0.25) is 0 Å². The number of nitrogens with zero attached hydrogens (tertiary/aromatic N) is 2. The highest BCUT2D eigenvalue weighted by atomic mass is 16.6. The van der Waals surface area contributed by atoms with Crippen LogP contribution in [0.4, 0.5) is 0 Å². The zero-order chi connectivity index (χ0) is 30.4. The number of ether oxygens (including phenoxy) is 3. The summed E-state index contributed by atoms with van der Waals surface area (Å²) >= 11 is 0. The highest BCUT2D eigenvalue weighted by Crippen LogP contribution is 2.30. The van der Waals surface area contributed by atoms with E-state index in [1.54, 1.807) is 19.1 Å². The molecule has 0 saturated heterocycles. The fourth-order valence-electron chi connectivity index (χ4n) is 5.37. The molecule has 1 aromatic carbocycles. The SMILES string of the molecule is COC(=O)[C@@H]1Oc2cc(ccc2OC)C(=O)N[C@@H](C(C)C)CN(C(=O)CCc2n[nH]c3c2CCCC3)CC(=O)N[C@H]1C. The van der Waals surface area contributed by atoms with E-state index in [1.165, 1.54) is 30.7 Å². The predicted molar refractivity (Wildman–Crippen MR) is 153 cm³/mol. The molecule has 2 aliphatic rings. The summed E-state index contributed by atoms with van der Waals surface area (Å²) in [5.74, 6) is -1.40. The second kappa shape index (κ2) is 13.7. The number of hydrogen-bond acceptors (Lipinski definition) is 8. The normalized spacial score (nSPS) is 21.4. The van der Waals surface area contributed by atoms with Crippen LogP contribution >= 0.6 is 0 Å². The lowest BCUT2D eigenvalue weighted by Crippen LogP contribution is -2.54. The van der Waals surface area contributed by atoms with Gasteiger partial charge in [-0.1, -0.05) is 13.8 Å². The Morgan fingerprint density at radius 3 is 2.62 bits per heavy atom. The van der Waals surface area contributed by atoms with Gasteiger partial charge >= 0.3 is 5.97 Å². The molecule has 0 saturated carbocycles. The van der Waals surface area contributed by atoms with E-state index in [2.05, 4.69) is 20.8 Å². The minimum atomic E-state index is -1.24. The molecule has 2 bridgehead atoms. The van der Waals surface area contributed by atoms with Crippen LogP contribution in [0, 0.1) is 5.92 Å². The van der Waals surface area contributed by atoms with Gasteiger partial charge in [0.1, 0.15) is 0 Å². The van der Waals surface area contributed by atoms with Gasteiger partial charge in [0, 0.05) is 36.7 Å². The second-order valence-corrected chi connectivity index (χ2v) is 11.2. The first-order chi connectivity index (χ1) is 20.1. The van der Waals surface area contributed by atoms with Crippen molar-refractivity contribution in [2.45, 2.75) is 77.5 Å². The van der Waals surface area contributed by atoms with Gasteiger partial charge in [0.2, 0.25) is 17.9 Å². The Morgan fingerprint density at radius 1 is 1.14 bits per heavy atom. The van der Waals surface area contributed by atoms with Crippen LogP contribution in [-0.4, -0.2) is 84.3 Å². The van der Waals surface area contributed by atoms with Crippen molar-refractivity contribution in [2.24, 2.45) is 5.92 Å². The molecule has 1 aliphatic carbocycles. The molecule has 228 valence electrons. The largest absolute Gasteiger partial charge is 0.493 e. The van der Waals surface area contributed by atoms with Crippen molar-refractivity contribution in [3.05, 3.63) is 40.7 Å². The van der Waals surface area contributed by atoms with E-state index in [-0.39, 0.29) is 48.6 Å². The number of aryl methyl sites for hydroxylation is 2. The number of aromatic amines is 1. The number of hydrogen-bond donors (Lipinski definition) is 3. The monoisotopic (exact) mass is 583 g/mol. The molecule has 0 fully saturated rings. The van der Waals surface area contributed by atoms with E-state index in [1.807, 2.05) is 13.8 Å². The Balaban J connectivity index is 1.62. The molecule has 1 aromatic heterocycles. The zero-order valence-electron chi connectivity index (χ0n) is 25.0. The number of esters is 1. The molecule has 1 aliphatic heterocycles. The minimum absolute atomic E-state index is 0.0461. The first-order valence-corrected chi connectivity index (χ1v) is 14.5. The van der Waals surface area contributed by atoms with Crippen LogP contribution < -0.4 is 20.1 Å². The van der Waals surface area contributed by atoms with E-state index in [0.717, 1.165) is 37.1 Å². The summed E-state index contributed by atoms with van der Waals surface area (Å²) in [6.07, 6.45) is 3.49. The topological polar surface area (TPSA) is 152 Å². The van der Waals surface area contributed by atoms with Crippen molar-refractivity contribution in [1.82, 2.24) is 25.7 Å². The Hall–Kier alpha value is -4.09. The zero-order valence-corrected chi connectivity index (χ0v) is 25.0. The summed E-state index contributed by atoms with van der Waals surface area (Å²) in [4.78, 5) is 54.4. The van der Waals surface area contributed by atoms with Crippen LogP contribution in [-0.2, 0) is 38.4 Å². The summed E-state index contributed by atoms with van der Waals surface area (Å²) in [7, 11) is 2.66. The van der Waals surface area contributed by atoms with Crippen molar-refractivity contribution in [2.75, 3.05) is 27.3 Å². The van der Waals surface area contributed by atoms with Gasteiger partial charge in [0.05, 0.1) is 32.5 Å². The van der Waals surface area contributed by atoms with Crippen molar-refractivity contribution < 1.29 is 33.4 Å². The van der Waals surface area contributed by atoms with E-state index < -0.39 is 30.1 Å². The molecule has 12 heteroatoms. The van der Waals surface area contributed by atoms with E-state index in [9.17, 15) is 19.2 Å². The number of fused-ring (bicyclic) bond motifs is 3. The van der Waals surface area contributed by atoms with Crippen LogP contribution in [0.1, 0.15) is 67.3 Å². The first kappa shape index (κ1) is 30.9. The smallest absolute Gasteiger partial charge is 0.349 e. The van der Waals surface area contributed by atoms with Gasteiger partial charge in [-0.15, -0.1) is 0 Å². The summed E-state index contributed by atoms with van der Waals surface area (Å²) in [5.41, 5.74) is 3.51. The third-order valence-electron chi connectivity index (χ3n) is 7.90. The molecule has 3 atom stereocenters. The minimum Gasteiger partial charge on any atom is -0.493 e. The average Bonchev–Trinajstić information content (AvgIpc) is 3.39. The fourth-order valence-corrected chi connectivity index (χ4v) is 5.37. The van der Waals surface area contributed by atoms with Gasteiger partial charge in [-0.3, -0.25) is 19.5 Å². The molecule has 3 amide bonds. The molecule has 3 N–H and O–H groups in total.